The molecular formula is C12H11N3OS. The average Bonchev–Trinajstić information content (AvgIpc) is 2.75. The summed E-state index contributed by atoms with van der Waals surface area (Å²) in [5.74, 6) is 0. The van der Waals surface area contributed by atoms with E-state index in [0.717, 1.165) is 21.3 Å². The maximum Gasteiger partial charge on any atom is 0.142 e. The molecule has 0 saturated carbocycles. The minimum Gasteiger partial charge on any atom is -0.378 e. The third kappa shape index (κ3) is 2.67. The van der Waals surface area contributed by atoms with Crippen LogP contribution in [0.25, 0.3) is 10.7 Å². The Morgan fingerprint density at radius 3 is 3.00 bits per heavy atom. The third-order valence-corrected chi connectivity index (χ3v) is 3.30. The van der Waals surface area contributed by atoms with E-state index >= 15 is 0 Å². The predicted molar refractivity (Wildman–Crippen MR) is 65.4 cm³/mol. The first kappa shape index (κ1) is 11.7. The summed E-state index contributed by atoms with van der Waals surface area (Å²) in [6.45, 7) is 0.431. The van der Waals surface area contributed by atoms with Gasteiger partial charge < -0.3 is 4.74 Å². The molecule has 0 aliphatic carbocycles. The van der Waals surface area contributed by atoms with Crippen molar-refractivity contribution < 1.29 is 4.74 Å². The predicted octanol–water partition coefficient (Wildman–Crippen LogP) is 2.42. The largest absolute Gasteiger partial charge is 0.378 e. The maximum atomic E-state index is 8.76. The van der Waals surface area contributed by atoms with Gasteiger partial charge in [0.2, 0.25) is 0 Å². The van der Waals surface area contributed by atoms with Crippen LogP contribution in [0, 0.1) is 11.3 Å². The minimum absolute atomic E-state index is 0.364. The average molecular weight is 245 g/mol. The molecule has 0 saturated heterocycles. The van der Waals surface area contributed by atoms with Crippen LogP contribution in [-0.4, -0.2) is 17.1 Å². The third-order valence-electron chi connectivity index (χ3n) is 2.18. The number of hydrogen-bond donors (Lipinski definition) is 0. The molecule has 0 amide bonds. The van der Waals surface area contributed by atoms with E-state index in [1.54, 1.807) is 13.3 Å². The van der Waals surface area contributed by atoms with Gasteiger partial charge in [-0.25, -0.2) is 4.98 Å². The van der Waals surface area contributed by atoms with Gasteiger partial charge in [-0.05, 0) is 12.1 Å². The molecule has 2 rings (SSSR count). The Morgan fingerprint density at radius 2 is 2.35 bits per heavy atom. The van der Waals surface area contributed by atoms with Crippen LogP contribution in [0.15, 0.2) is 24.4 Å². The Labute approximate surface area is 104 Å². The number of thiazole rings is 1. The van der Waals surface area contributed by atoms with E-state index in [1.165, 1.54) is 11.3 Å². The van der Waals surface area contributed by atoms with Gasteiger partial charge in [-0.15, -0.1) is 11.3 Å². The molecule has 0 N–H and O–H groups in total. The van der Waals surface area contributed by atoms with Crippen molar-refractivity contribution in [3.05, 3.63) is 35.0 Å². The van der Waals surface area contributed by atoms with Gasteiger partial charge >= 0.3 is 0 Å². The molecule has 0 aromatic carbocycles. The van der Waals surface area contributed by atoms with Crippen molar-refractivity contribution in [2.24, 2.45) is 0 Å². The van der Waals surface area contributed by atoms with Crippen molar-refractivity contribution in [2.75, 3.05) is 7.11 Å². The quantitative estimate of drug-likeness (QED) is 0.830. The summed E-state index contributed by atoms with van der Waals surface area (Å²) in [4.78, 5) is 9.67. The van der Waals surface area contributed by atoms with E-state index in [1.807, 2.05) is 18.2 Å². The number of nitriles is 1. The van der Waals surface area contributed by atoms with Crippen LogP contribution in [0.2, 0.25) is 0 Å². The zero-order chi connectivity index (χ0) is 12.1. The molecule has 2 aromatic heterocycles. The first-order chi connectivity index (χ1) is 8.35. The Morgan fingerprint density at radius 1 is 1.47 bits per heavy atom. The van der Waals surface area contributed by atoms with E-state index in [4.69, 9.17) is 10.00 Å². The normalized spacial score (nSPS) is 10.1. The SMILES string of the molecule is COCc1nc(-c2ccccn2)sc1CC#N. The van der Waals surface area contributed by atoms with Gasteiger partial charge in [-0.2, -0.15) is 5.26 Å². The highest BCUT2D eigenvalue weighted by Crippen LogP contribution is 2.27. The van der Waals surface area contributed by atoms with Crippen LogP contribution in [-0.2, 0) is 17.8 Å². The van der Waals surface area contributed by atoms with Crippen molar-refractivity contribution in [1.29, 1.82) is 5.26 Å². The summed E-state index contributed by atoms with van der Waals surface area (Å²) in [6, 6.07) is 7.84. The van der Waals surface area contributed by atoms with E-state index < -0.39 is 0 Å². The summed E-state index contributed by atoms with van der Waals surface area (Å²) in [5.41, 5.74) is 1.67. The number of methoxy groups -OCH3 is 1. The van der Waals surface area contributed by atoms with E-state index in [-0.39, 0.29) is 0 Å². The lowest BCUT2D eigenvalue weighted by Crippen LogP contribution is -1.92. The number of pyridine rings is 1. The lowest BCUT2D eigenvalue weighted by Gasteiger charge is -1.95. The second kappa shape index (κ2) is 5.53. The lowest BCUT2D eigenvalue weighted by atomic mass is 10.3. The summed E-state index contributed by atoms with van der Waals surface area (Å²) < 4.78 is 5.08. The van der Waals surface area contributed by atoms with Crippen LogP contribution in [0.5, 0.6) is 0 Å². The minimum atomic E-state index is 0.364. The monoisotopic (exact) mass is 245 g/mol. The van der Waals surface area contributed by atoms with E-state index in [9.17, 15) is 0 Å². The highest BCUT2D eigenvalue weighted by molar-refractivity contribution is 7.15. The first-order valence-electron chi connectivity index (χ1n) is 5.11. The summed E-state index contributed by atoms with van der Waals surface area (Å²) in [5, 5.41) is 9.60. The molecule has 0 unspecified atom stereocenters. The van der Waals surface area contributed by atoms with Gasteiger partial charge in [-0.3, -0.25) is 4.98 Å². The van der Waals surface area contributed by atoms with Gasteiger partial charge in [-0.1, -0.05) is 6.07 Å². The molecule has 0 fully saturated rings. The smallest absolute Gasteiger partial charge is 0.142 e. The first-order valence-corrected chi connectivity index (χ1v) is 5.92. The number of hydrogen-bond acceptors (Lipinski definition) is 5. The fourth-order valence-corrected chi connectivity index (χ4v) is 2.42. The van der Waals surface area contributed by atoms with Gasteiger partial charge in [0.15, 0.2) is 0 Å². The molecule has 2 heterocycles. The standard InChI is InChI=1S/C12H11N3OS/c1-16-8-10-11(5-6-13)17-12(15-10)9-4-2-3-7-14-9/h2-4,7H,5,8H2,1H3. The maximum absolute atomic E-state index is 8.76. The van der Waals surface area contributed by atoms with Gasteiger partial charge in [0.1, 0.15) is 5.01 Å². The summed E-state index contributed by atoms with van der Waals surface area (Å²) in [6.07, 6.45) is 2.10. The summed E-state index contributed by atoms with van der Waals surface area (Å²) >= 11 is 1.50. The van der Waals surface area contributed by atoms with Crippen LogP contribution in [0.4, 0.5) is 0 Å². The highest BCUT2D eigenvalue weighted by Gasteiger charge is 2.12. The van der Waals surface area contributed by atoms with Crippen molar-refractivity contribution in [3.8, 4) is 16.8 Å². The Bertz CT molecular complexity index is 530. The van der Waals surface area contributed by atoms with Crippen molar-refractivity contribution in [3.63, 3.8) is 0 Å². The molecule has 17 heavy (non-hydrogen) atoms. The van der Waals surface area contributed by atoms with Gasteiger partial charge in [0, 0.05) is 18.2 Å². The molecule has 5 heteroatoms. The zero-order valence-electron chi connectivity index (χ0n) is 9.38. The van der Waals surface area contributed by atoms with Crippen LogP contribution < -0.4 is 0 Å². The Hall–Kier alpha value is -1.77. The fraction of sp³-hybridized carbons (Fsp3) is 0.250. The molecule has 0 spiro atoms. The second-order valence-corrected chi connectivity index (χ2v) is 4.46. The molecule has 4 nitrogen and oxygen atoms in total. The van der Waals surface area contributed by atoms with E-state index in [2.05, 4.69) is 16.0 Å². The van der Waals surface area contributed by atoms with E-state index in [0.29, 0.717) is 13.0 Å². The molecule has 0 aliphatic heterocycles. The number of ether oxygens (including phenoxy) is 1. The highest BCUT2D eigenvalue weighted by atomic mass is 32.1. The molecule has 2 aromatic rings. The van der Waals surface area contributed by atoms with Crippen molar-refractivity contribution in [1.82, 2.24) is 9.97 Å². The molecule has 0 aliphatic rings. The summed E-state index contributed by atoms with van der Waals surface area (Å²) in [7, 11) is 1.62. The number of aromatic nitrogens is 2. The number of rotatable bonds is 4. The molecule has 86 valence electrons. The second-order valence-electron chi connectivity index (χ2n) is 3.37. The molecule has 0 atom stereocenters. The Kier molecular flexibility index (Phi) is 3.81. The van der Waals surface area contributed by atoms with Gasteiger partial charge in [0.25, 0.3) is 0 Å². The van der Waals surface area contributed by atoms with Crippen molar-refractivity contribution >= 4 is 11.3 Å². The van der Waals surface area contributed by atoms with Crippen molar-refractivity contribution in [2.45, 2.75) is 13.0 Å². The molecule has 0 bridgehead atoms. The van der Waals surface area contributed by atoms with Crippen LogP contribution in [0.3, 0.4) is 0 Å². The fourth-order valence-electron chi connectivity index (χ4n) is 1.44. The molecule has 0 radical (unpaired) electrons. The van der Waals surface area contributed by atoms with Gasteiger partial charge in [0.05, 0.1) is 30.5 Å². The molecular weight excluding hydrogens is 234 g/mol. The van der Waals surface area contributed by atoms with Crippen LogP contribution in [0.1, 0.15) is 10.6 Å². The zero-order valence-corrected chi connectivity index (χ0v) is 10.2. The Balaban J connectivity index is 2.37. The lowest BCUT2D eigenvalue weighted by molar-refractivity contribution is 0.181. The number of nitrogens with zero attached hydrogens (tertiary/aromatic N) is 3. The topological polar surface area (TPSA) is 58.8 Å². The van der Waals surface area contributed by atoms with Crippen LogP contribution >= 0.6 is 11.3 Å².